The lowest BCUT2D eigenvalue weighted by Crippen LogP contribution is -2.29. The zero-order valence-electron chi connectivity index (χ0n) is 12.4. The summed E-state index contributed by atoms with van der Waals surface area (Å²) < 4.78 is 1.88. The molecule has 0 bridgehead atoms. The van der Waals surface area contributed by atoms with Gasteiger partial charge in [0.15, 0.2) is 11.5 Å². The van der Waals surface area contributed by atoms with Gasteiger partial charge in [0.25, 0.3) is 0 Å². The van der Waals surface area contributed by atoms with Gasteiger partial charge in [0.1, 0.15) is 0 Å². The standard InChI is InChI=1S/C17H18N4O/c1-2-14(13-8-4-3-5-9-13)17(22)18-12-16-20-19-15-10-6-7-11-21(15)16/h3-11,14H,2,12H2,1H3,(H,18,22)/t14-/m0/s1. The number of nitrogens with zero attached hydrogens (tertiary/aromatic N) is 3. The largest absolute Gasteiger partial charge is 0.348 e. The van der Waals surface area contributed by atoms with Crippen molar-refractivity contribution in [1.82, 2.24) is 19.9 Å². The maximum Gasteiger partial charge on any atom is 0.227 e. The van der Waals surface area contributed by atoms with E-state index in [1.807, 2.05) is 66.1 Å². The van der Waals surface area contributed by atoms with Crippen LogP contribution in [0.25, 0.3) is 5.65 Å². The molecular formula is C17H18N4O. The summed E-state index contributed by atoms with van der Waals surface area (Å²) in [6.07, 6.45) is 2.65. The van der Waals surface area contributed by atoms with Gasteiger partial charge in [-0.2, -0.15) is 0 Å². The molecule has 1 N–H and O–H groups in total. The third kappa shape index (κ3) is 2.83. The SMILES string of the molecule is CC[C@H](C(=O)NCc1nnc2ccccn12)c1ccccc1. The van der Waals surface area contributed by atoms with Crippen LogP contribution in [-0.2, 0) is 11.3 Å². The van der Waals surface area contributed by atoms with E-state index in [2.05, 4.69) is 15.5 Å². The molecule has 0 radical (unpaired) electrons. The van der Waals surface area contributed by atoms with Gasteiger partial charge in [-0.1, -0.05) is 43.3 Å². The Kier molecular flexibility index (Phi) is 4.14. The molecule has 1 atom stereocenters. The number of nitrogens with one attached hydrogen (secondary N) is 1. The number of amides is 1. The van der Waals surface area contributed by atoms with Crippen molar-refractivity contribution in [2.45, 2.75) is 25.8 Å². The van der Waals surface area contributed by atoms with Crippen LogP contribution in [-0.4, -0.2) is 20.5 Å². The molecule has 0 aliphatic rings. The Balaban J connectivity index is 1.71. The lowest BCUT2D eigenvalue weighted by molar-refractivity contribution is -0.122. The smallest absolute Gasteiger partial charge is 0.227 e. The molecule has 0 saturated heterocycles. The maximum absolute atomic E-state index is 12.4. The second-order valence-corrected chi connectivity index (χ2v) is 5.13. The summed E-state index contributed by atoms with van der Waals surface area (Å²) in [6, 6.07) is 15.6. The van der Waals surface area contributed by atoms with Crippen molar-refractivity contribution in [2.24, 2.45) is 0 Å². The molecule has 3 rings (SSSR count). The lowest BCUT2D eigenvalue weighted by Gasteiger charge is -2.15. The number of rotatable bonds is 5. The lowest BCUT2D eigenvalue weighted by atomic mass is 9.96. The number of hydrogen-bond donors (Lipinski definition) is 1. The fourth-order valence-electron chi connectivity index (χ4n) is 2.56. The summed E-state index contributed by atoms with van der Waals surface area (Å²) in [5, 5.41) is 11.2. The van der Waals surface area contributed by atoms with Crippen molar-refractivity contribution in [2.75, 3.05) is 0 Å². The molecule has 22 heavy (non-hydrogen) atoms. The van der Waals surface area contributed by atoms with E-state index in [0.717, 1.165) is 23.5 Å². The van der Waals surface area contributed by atoms with Gasteiger partial charge < -0.3 is 5.32 Å². The second kappa shape index (κ2) is 6.39. The highest BCUT2D eigenvalue weighted by molar-refractivity contribution is 5.83. The first kappa shape index (κ1) is 14.3. The van der Waals surface area contributed by atoms with Gasteiger partial charge in [0.2, 0.25) is 5.91 Å². The Morgan fingerprint density at radius 2 is 1.91 bits per heavy atom. The molecule has 5 nitrogen and oxygen atoms in total. The van der Waals surface area contributed by atoms with E-state index in [1.165, 1.54) is 0 Å². The summed E-state index contributed by atoms with van der Waals surface area (Å²) in [7, 11) is 0. The van der Waals surface area contributed by atoms with E-state index in [0.29, 0.717) is 6.54 Å². The van der Waals surface area contributed by atoms with E-state index in [1.54, 1.807) is 0 Å². The summed E-state index contributed by atoms with van der Waals surface area (Å²) >= 11 is 0. The first-order valence-electron chi connectivity index (χ1n) is 7.41. The Bertz CT molecular complexity index is 766. The number of benzene rings is 1. The zero-order valence-corrected chi connectivity index (χ0v) is 12.4. The van der Waals surface area contributed by atoms with E-state index >= 15 is 0 Å². The maximum atomic E-state index is 12.4. The van der Waals surface area contributed by atoms with Gasteiger partial charge in [-0.25, -0.2) is 0 Å². The minimum absolute atomic E-state index is 0.0152. The molecule has 0 aliphatic heterocycles. The van der Waals surface area contributed by atoms with E-state index in [4.69, 9.17) is 0 Å². The van der Waals surface area contributed by atoms with Crippen molar-refractivity contribution in [1.29, 1.82) is 0 Å². The quantitative estimate of drug-likeness (QED) is 0.786. The third-order valence-electron chi connectivity index (χ3n) is 3.73. The van der Waals surface area contributed by atoms with Crippen molar-refractivity contribution in [3.8, 4) is 0 Å². The fourth-order valence-corrected chi connectivity index (χ4v) is 2.56. The molecule has 0 fully saturated rings. The van der Waals surface area contributed by atoms with Crippen LogP contribution in [0.1, 0.15) is 30.7 Å². The van der Waals surface area contributed by atoms with Crippen LogP contribution in [0, 0.1) is 0 Å². The molecular weight excluding hydrogens is 276 g/mol. The van der Waals surface area contributed by atoms with Crippen molar-refractivity contribution in [3.63, 3.8) is 0 Å². The number of carbonyl (C=O) groups excluding carboxylic acids is 1. The van der Waals surface area contributed by atoms with Gasteiger partial charge in [-0.15, -0.1) is 10.2 Å². The first-order valence-corrected chi connectivity index (χ1v) is 7.41. The molecule has 0 unspecified atom stereocenters. The zero-order chi connectivity index (χ0) is 15.4. The molecule has 112 valence electrons. The van der Waals surface area contributed by atoms with Gasteiger partial charge in [0.05, 0.1) is 12.5 Å². The summed E-state index contributed by atoms with van der Waals surface area (Å²) in [5.41, 5.74) is 1.82. The predicted octanol–water partition coefficient (Wildman–Crippen LogP) is 2.54. The van der Waals surface area contributed by atoms with Crippen LogP contribution in [0.15, 0.2) is 54.7 Å². The van der Waals surface area contributed by atoms with Crippen LogP contribution in [0.2, 0.25) is 0 Å². The minimum atomic E-state index is -0.139. The summed E-state index contributed by atoms with van der Waals surface area (Å²) in [5.74, 6) is 0.605. The second-order valence-electron chi connectivity index (χ2n) is 5.13. The third-order valence-corrected chi connectivity index (χ3v) is 3.73. The average molecular weight is 294 g/mol. The van der Waals surface area contributed by atoms with Crippen LogP contribution < -0.4 is 5.32 Å². The van der Waals surface area contributed by atoms with Gasteiger partial charge in [-0.3, -0.25) is 9.20 Å². The highest BCUT2D eigenvalue weighted by atomic mass is 16.1. The average Bonchev–Trinajstić information content (AvgIpc) is 2.98. The topological polar surface area (TPSA) is 59.3 Å². The molecule has 2 heterocycles. The number of hydrogen-bond acceptors (Lipinski definition) is 3. The Hall–Kier alpha value is -2.69. The molecule has 0 aliphatic carbocycles. The van der Waals surface area contributed by atoms with E-state index in [9.17, 15) is 4.79 Å². The van der Waals surface area contributed by atoms with Crippen LogP contribution >= 0.6 is 0 Å². The molecule has 0 spiro atoms. The minimum Gasteiger partial charge on any atom is -0.348 e. The highest BCUT2D eigenvalue weighted by Gasteiger charge is 2.18. The van der Waals surface area contributed by atoms with Crippen LogP contribution in [0.4, 0.5) is 0 Å². The molecule has 1 amide bonds. The number of pyridine rings is 1. The molecule has 1 aromatic carbocycles. The Labute approximate surface area is 129 Å². The molecule has 2 aromatic heterocycles. The van der Waals surface area contributed by atoms with E-state index in [-0.39, 0.29) is 11.8 Å². The Morgan fingerprint density at radius 3 is 2.68 bits per heavy atom. The highest BCUT2D eigenvalue weighted by Crippen LogP contribution is 2.19. The molecule has 3 aromatic rings. The molecule has 0 saturated carbocycles. The number of carbonyl (C=O) groups is 1. The Morgan fingerprint density at radius 1 is 1.14 bits per heavy atom. The monoisotopic (exact) mass is 294 g/mol. The number of fused-ring (bicyclic) bond motifs is 1. The summed E-state index contributed by atoms with van der Waals surface area (Å²) in [6.45, 7) is 2.39. The predicted molar refractivity (Wildman–Crippen MR) is 84.3 cm³/mol. The number of aromatic nitrogens is 3. The van der Waals surface area contributed by atoms with Gasteiger partial charge in [-0.05, 0) is 24.1 Å². The van der Waals surface area contributed by atoms with E-state index < -0.39 is 0 Å². The first-order chi connectivity index (χ1) is 10.8. The van der Waals surface area contributed by atoms with Crippen molar-refractivity contribution < 1.29 is 4.79 Å². The van der Waals surface area contributed by atoms with Crippen molar-refractivity contribution in [3.05, 3.63) is 66.1 Å². The van der Waals surface area contributed by atoms with Crippen LogP contribution in [0.5, 0.6) is 0 Å². The van der Waals surface area contributed by atoms with Gasteiger partial charge in [0, 0.05) is 6.20 Å². The molecule has 5 heteroatoms. The fraction of sp³-hybridized carbons (Fsp3) is 0.235. The van der Waals surface area contributed by atoms with Crippen LogP contribution in [0.3, 0.4) is 0 Å². The summed E-state index contributed by atoms with van der Waals surface area (Å²) in [4.78, 5) is 12.4. The van der Waals surface area contributed by atoms with Crippen molar-refractivity contribution >= 4 is 11.6 Å². The normalized spacial score (nSPS) is 12.2. The van der Waals surface area contributed by atoms with Gasteiger partial charge >= 0.3 is 0 Å².